The summed E-state index contributed by atoms with van der Waals surface area (Å²) in [7, 11) is 0. The van der Waals surface area contributed by atoms with Crippen molar-refractivity contribution in [3.63, 3.8) is 0 Å². The van der Waals surface area contributed by atoms with Crippen LogP contribution in [0.5, 0.6) is 0 Å². The van der Waals surface area contributed by atoms with Crippen LogP contribution in [-0.4, -0.2) is 54.7 Å². The van der Waals surface area contributed by atoms with E-state index in [2.05, 4.69) is 15.5 Å². The van der Waals surface area contributed by atoms with Gasteiger partial charge in [-0.05, 0) is 25.9 Å². The molecular weight excluding hydrogens is 234 g/mol. The van der Waals surface area contributed by atoms with Crippen molar-refractivity contribution in [3.8, 4) is 0 Å². The van der Waals surface area contributed by atoms with Crippen LogP contribution in [0.25, 0.3) is 0 Å². The van der Waals surface area contributed by atoms with E-state index in [-0.39, 0.29) is 12.6 Å². The van der Waals surface area contributed by atoms with Crippen molar-refractivity contribution in [3.05, 3.63) is 0 Å². The van der Waals surface area contributed by atoms with Gasteiger partial charge in [-0.25, -0.2) is 4.79 Å². The number of hydrogen-bond donors (Lipinski definition) is 3. The largest absolute Gasteiger partial charge is 0.481 e. The standard InChI is InChI=1S/C12H23N3O3/c1-10(11(16)17)9-14-12(18)13-5-8-15-6-3-2-4-7-15/h10H,2-9H2,1H3,(H,16,17)(H2,13,14,18). The molecule has 104 valence electrons. The molecule has 6 heteroatoms. The molecule has 1 rings (SSSR count). The minimum Gasteiger partial charge on any atom is -0.481 e. The van der Waals surface area contributed by atoms with E-state index in [0.717, 1.165) is 19.6 Å². The predicted molar refractivity (Wildman–Crippen MR) is 68.5 cm³/mol. The highest BCUT2D eigenvalue weighted by Gasteiger charge is 2.12. The maximum Gasteiger partial charge on any atom is 0.314 e. The molecule has 0 aliphatic carbocycles. The molecule has 0 spiro atoms. The quantitative estimate of drug-likeness (QED) is 0.647. The number of hydrogen-bond acceptors (Lipinski definition) is 3. The highest BCUT2D eigenvalue weighted by molar-refractivity contribution is 5.75. The Morgan fingerprint density at radius 3 is 2.50 bits per heavy atom. The summed E-state index contributed by atoms with van der Waals surface area (Å²) in [6.07, 6.45) is 3.78. The third kappa shape index (κ3) is 5.86. The van der Waals surface area contributed by atoms with E-state index in [1.54, 1.807) is 6.92 Å². The molecule has 0 aromatic carbocycles. The highest BCUT2D eigenvalue weighted by Crippen LogP contribution is 2.07. The SMILES string of the molecule is CC(CNC(=O)NCCN1CCCCC1)C(=O)O. The Morgan fingerprint density at radius 2 is 1.89 bits per heavy atom. The van der Waals surface area contributed by atoms with E-state index in [1.807, 2.05) is 0 Å². The highest BCUT2D eigenvalue weighted by atomic mass is 16.4. The van der Waals surface area contributed by atoms with Gasteiger partial charge in [-0.3, -0.25) is 4.79 Å². The monoisotopic (exact) mass is 257 g/mol. The van der Waals surface area contributed by atoms with Crippen LogP contribution >= 0.6 is 0 Å². The summed E-state index contributed by atoms with van der Waals surface area (Å²) >= 11 is 0. The molecule has 2 amide bonds. The van der Waals surface area contributed by atoms with E-state index in [0.29, 0.717) is 6.54 Å². The minimum atomic E-state index is -0.899. The second-order valence-electron chi connectivity index (χ2n) is 4.78. The number of piperidine rings is 1. The zero-order chi connectivity index (χ0) is 13.4. The molecule has 0 saturated carbocycles. The molecule has 1 aliphatic heterocycles. The van der Waals surface area contributed by atoms with E-state index in [1.165, 1.54) is 19.3 Å². The Bertz CT molecular complexity index is 278. The summed E-state index contributed by atoms with van der Waals surface area (Å²) in [6.45, 7) is 5.41. The Morgan fingerprint density at radius 1 is 1.22 bits per heavy atom. The van der Waals surface area contributed by atoms with Crippen LogP contribution in [0, 0.1) is 5.92 Å². The first-order chi connectivity index (χ1) is 8.59. The maximum atomic E-state index is 11.4. The number of nitrogens with zero attached hydrogens (tertiary/aromatic N) is 1. The number of carboxylic acid groups (broad SMARTS) is 1. The van der Waals surface area contributed by atoms with Gasteiger partial charge >= 0.3 is 12.0 Å². The van der Waals surface area contributed by atoms with Gasteiger partial charge in [0.15, 0.2) is 0 Å². The van der Waals surface area contributed by atoms with Gasteiger partial charge in [0, 0.05) is 19.6 Å². The summed E-state index contributed by atoms with van der Waals surface area (Å²) in [5.74, 6) is -1.46. The molecule has 1 heterocycles. The topological polar surface area (TPSA) is 81.7 Å². The molecule has 1 unspecified atom stereocenters. The lowest BCUT2D eigenvalue weighted by Gasteiger charge is -2.26. The summed E-state index contributed by atoms with van der Waals surface area (Å²) in [5, 5.41) is 14.0. The van der Waals surface area contributed by atoms with Crippen LogP contribution in [0.2, 0.25) is 0 Å². The van der Waals surface area contributed by atoms with Crippen LogP contribution in [0.15, 0.2) is 0 Å². The Kier molecular flexibility index (Phi) is 6.49. The number of nitrogens with one attached hydrogen (secondary N) is 2. The molecule has 1 aliphatic rings. The molecule has 1 saturated heterocycles. The minimum absolute atomic E-state index is 0.158. The lowest BCUT2D eigenvalue weighted by atomic mass is 10.1. The summed E-state index contributed by atoms with van der Waals surface area (Å²) in [5.41, 5.74) is 0. The van der Waals surface area contributed by atoms with Crippen molar-refractivity contribution in [2.75, 3.05) is 32.7 Å². The van der Waals surface area contributed by atoms with Crippen molar-refractivity contribution < 1.29 is 14.7 Å². The average molecular weight is 257 g/mol. The first-order valence-electron chi connectivity index (χ1n) is 6.56. The molecule has 18 heavy (non-hydrogen) atoms. The van der Waals surface area contributed by atoms with E-state index >= 15 is 0 Å². The Labute approximate surface area is 108 Å². The number of carboxylic acids is 1. The van der Waals surface area contributed by atoms with Gasteiger partial charge in [-0.15, -0.1) is 0 Å². The normalized spacial score (nSPS) is 18.1. The lowest BCUT2D eigenvalue weighted by molar-refractivity contribution is -0.140. The van der Waals surface area contributed by atoms with Gasteiger partial charge < -0.3 is 20.6 Å². The smallest absolute Gasteiger partial charge is 0.314 e. The molecule has 3 N–H and O–H groups in total. The van der Waals surface area contributed by atoms with E-state index < -0.39 is 11.9 Å². The predicted octanol–water partition coefficient (Wildman–Crippen LogP) is 0.492. The van der Waals surface area contributed by atoms with Crippen LogP contribution in [-0.2, 0) is 4.79 Å². The van der Waals surface area contributed by atoms with Crippen LogP contribution in [0.1, 0.15) is 26.2 Å². The average Bonchev–Trinajstić information content (AvgIpc) is 2.37. The fourth-order valence-electron chi connectivity index (χ4n) is 1.91. The first-order valence-corrected chi connectivity index (χ1v) is 6.56. The number of likely N-dealkylation sites (tertiary alicyclic amines) is 1. The Hall–Kier alpha value is -1.30. The van der Waals surface area contributed by atoms with Crippen molar-refractivity contribution in [2.24, 2.45) is 5.92 Å². The molecule has 1 atom stereocenters. The summed E-state index contributed by atoms with van der Waals surface area (Å²) < 4.78 is 0. The van der Waals surface area contributed by atoms with Crippen molar-refractivity contribution in [1.82, 2.24) is 15.5 Å². The van der Waals surface area contributed by atoms with E-state index in [9.17, 15) is 9.59 Å². The molecule has 0 aromatic heterocycles. The number of carbonyl (C=O) groups is 2. The summed E-state index contributed by atoms with van der Waals surface area (Å²) in [4.78, 5) is 24.3. The zero-order valence-electron chi connectivity index (χ0n) is 10.9. The second-order valence-corrected chi connectivity index (χ2v) is 4.78. The molecule has 0 radical (unpaired) electrons. The van der Waals surface area contributed by atoms with Gasteiger partial charge in [0.05, 0.1) is 5.92 Å². The van der Waals surface area contributed by atoms with E-state index in [4.69, 9.17) is 5.11 Å². The number of aliphatic carboxylic acids is 1. The van der Waals surface area contributed by atoms with Crippen molar-refractivity contribution in [2.45, 2.75) is 26.2 Å². The third-order valence-electron chi connectivity index (χ3n) is 3.15. The molecule has 0 aromatic rings. The molecule has 6 nitrogen and oxygen atoms in total. The fourth-order valence-corrected chi connectivity index (χ4v) is 1.91. The van der Waals surface area contributed by atoms with Gasteiger partial charge in [0.2, 0.25) is 0 Å². The first kappa shape index (κ1) is 14.8. The van der Waals surface area contributed by atoms with Crippen molar-refractivity contribution in [1.29, 1.82) is 0 Å². The third-order valence-corrected chi connectivity index (χ3v) is 3.15. The van der Waals surface area contributed by atoms with Gasteiger partial charge in [-0.1, -0.05) is 13.3 Å². The zero-order valence-corrected chi connectivity index (χ0v) is 10.9. The lowest BCUT2D eigenvalue weighted by Crippen LogP contribution is -2.43. The van der Waals surface area contributed by atoms with Gasteiger partial charge in [-0.2, -0.15) is 0 Å². The number of carbonyl (C=O) groups excluding carboxylic acids is 1. The van der Waals surface area contributed by atoms with Crippen LogP contribution in [0.3, 0.4) is 0 Å². The molecule has 0 bridgehead atoms. The van der Waals surface area contributed by atoms with Crippen LogP contribution < -0.4 is 10.6 Å². The Balaban J connectivity index is 2.04. The number of urea groups is 1. The maximum absolute atomic E-state index is 11.4. The van der Waals surface area contributed by atoms with Crippen molar-refractivity contribution >= 4 is 12.0 Å². The molecular formula is C12H23N3O3. The van der Waals surface area contributed by atoms with Gasteiger partial charge in [0.1, 0.15) is 0 Å². The number of amides is 2. The van der Waals surface area contributed by atoms with Gasteiger partial charge in [0.25, 0.3) is 0 Å². The summed E-state index contributed by atoms with van der Waals surface area (Å²) in [6, 6.07) is -0.292. The van der Waals surface area contributed by atoms with Crippen LogP contribution in [0.4, 0.5) is 4.79 Å². The second kappa shape index (κ2) is 7.92. The molecule has 1 fully saturated rings. The number of rotatable bonds is 6. The fraction of sp³-hybridized carbons (Fsp3) is 0.833.